The Bertz CT molecular complexity index is 581. The molecule has 0 bridgehead atoms. The minimum Gasteiger partial charge on any atom is -0.459 e. The van der Waals surface area contributed by atoms with Crippen molar-refractivity contribution >= 4 is 11.0 Å². The lowest BCUT2D eigenvalue weighted by atomic mass is 9.93. The summed E-state index contributed by atoms with van der Waals surface area (Å²) >= 11 is 0. The average Bonchev–Trinajstić information content (AvgIpc) is 2.91. The van der Waals surface area contributed by atoms with Gasteiger partial charge < -0.3 is 19.6 Å². The monoisotopic (exact) mass is 303 g/mol. The molecule has 1 aliphatic heterocycles. The molecule has 4 nitrogen and oxygen atoms in total. The van der Waals surface area contributed by atoms with Crippen molar-refractivity contribution in [2.45, 2.75) is 38.3 Å². The lowest BCUT2D eigenvalue weighted by molar-refractivity contribution is -0.0636. The molecule has 0 aliphatic carbocycles. The molecule has 2 heterocycles. The summed E-state index contributed by atoms with van der Waals surface area (Å²) in [5.41, 5.74) is 0.243. The first-order chi connectivity index (χ1) is 10.6. The number of furan rings is 1. The van der Waals surface area contributed by atoms with Gasteiger partial charge in [0.05, 0.1) is 11.6 Å². The maximum Gasteiger partial charge on any atom is 0.134 e. The number of nitrogens with one attached hydrogen (secondary N) is 1. The smallest absolute Gasteiger partial charge is 0.134 e. The van der Waals surface area contributed by atoms with E-state index in [1.807, 2.05) is 18.2 Å². The maximum absolute atomic E-state index is 10.6. The van der Waals surface area contributed by atoms with E-state index in [9.17, 15) is 5.11 Å². The SMILES string of the molecule is CC(C)C(NCC1(O)CCOCC1)c1cc2ccccc2o1. The second kappa shape index (κ2) is 6.41. The zero-order valence-corrected chi connectivity index (χ0v) is 13.3. The quantitative estimate of drug-likeness (QED) is 0.890. The molecule has 22 heavy (non-hydrogen) atoms. The van der Waals surface area contributed by atoms with Crippen molar-refractivity contribution in [3.05, 3.63) is 36.1 Å². The molecule has 4 heteroatoms. The molecule has 0 saturated carbocycles. The highest BCUT2D eigenvalue weighted by molar-refractivity contribution is 5.77. The minimum atomic E-state index is -0.669. The van der Waals surface area contributed by atoms with Crippen molar-refractivity contribution in [1.29, 1.82) is 0 Å². The van der Waals surface area contributed by atoms with Gasteiger partial charge >= 0.3 is 0 Å². The number of hydrogen-bond acceptors (Lipinski definition) is 4. The number of rotatable bonds is 5. The van der Waals surface area contributed by atoms with E-state index < -0.39 is 5.60 Å². The van der Waals surface area contributed by atoms with Gasteiger partial charge in [0.25, 0.3) is 0 Å². The van der Waals surface area contributed by atoms with Crippen LogP contribution in [0.4, 0.5) is 0 Å². The van der Waals surface area contributed by atoms with Crippen molar-refractivity contribution in [2.24, 2.45) is 5.92 Å². The Morgan fingerprint density at radius 2 is 1.95 bits per heavy atom. The highest BCUT2D eigenvalue weighted by Crippen LogP contribution is 2.29. The number of fused-ring (bicyclic) bond motifs is 1. The topological polar surface area (TPSA) is 54.6 Å². The van der Waals surface area contributed by atoms with Gasteiger partial charge in [0.1, 0.15) is 11.3 Å². The Balaban J connectivity index is 1.74. The van der Waals surface area contributed by atoms with Gasteiger partial charge in [0.15, 0.2) is 0 Å². The summed E-state index contributed by atoms with van der Waals surface area (Å²) < 4.78 is 11.3. The Labute approximate surface area is 131 Å². The zero-order chi connectivity index (χ0) is 15.6. The largest absolute Gasteiger partial charge is 0.459 e. The molecule has 0 spiro atoms. The molecule has 2 aromatic rings. The first kappa shape index (κ1) is 15.5. The van der Waals surface area contributed by atoms with E-state index in [0.717, 1.165) is 16.7 Å². The van der Waals surface area contributed by atoms with Gasteiger partial charge in [-0.15, -0.1) is 0 Å². The molecule has 1 aromatic carbocycles. The van der Waals surface area contributed by atoms with Gasteiger partial charge in [-0.25, -0.2) is 0 Å². The van der Waals surface area contributed by atoms with Gasteiger partial charge in [0.2, 0.25) is 0 Å². The van der Waals surface area contributed by atoms with Crippen LogP contribution in [-0.2, 0) is 4.74 Å². The van der Waals surface area contributed by atoms with E-state index in [1.165, 1.54) is 0 Å². The molecule has 0 amide bonds. The van der Waals surface area contributed by atoms with Crippen molar-refractivity contribution in [1.82, 2.24) is 5.32 Å². The third-order valence-corrected chi connectivity index (χ3v) is 4.49. The summed E-state index contributed by atoms with van der Waals surface area (Å²) in [5, 5.41) is 15.2. The van der Waals surface area contributed by atoms with Crippen molar-refractivity contribution in [3.63, 3.8) is 0 Å². The minimum absolute atomic E-state index is 0.0965. The van der Waals surface area contributed by atoms with Crippen molar-refractivity contribution < 1.29 is 14.3 Å². The summed E-state index contributed by atoms with van der Waals surface area (Å²) in [5.74, 6) is 1.32. The highest BCUT2D eigenvalue weighted by atomic mass is 16.5. The van der Waals surface area contributed by atoms with Gasteiger partial charge in [-0.05, 0) is 18.1 Å². The zero-order valence-electron chi connectivity index (χ0n) is 13.3. The number of aliphatic hydroxyl groups is 1. The van der Waals surface area contributed by atoms with Gasteiger partial charge in [-0.3, -0.25) is 0 Å². The maximum atomic E-state index is 10.6. The molecule has 1 aliphatic rings. The predicted octanol–water partition coefficient (Wildman–Crippen LogP) is 3.26. The lowest BCUT2D eigenvalue weighted by Crippen LogP contribution is -2.46. The van der Waals surface area contributed by atoms with Crippen LogP contribution < -0.4 is 5.32 Å². The molecule has 1 saturated heterocycles. The summed E-state index contributed by atoms with van der Waals surface area (Å²) in [6, 6.07) is 10.2. The highest BCUT2D eigenvalue weighted by Gasteiger charge is 2.31. The van der Waals surface area contributed by atoms with E-state index in [1.54, 1.807) is 0 Å². The molecule has 0 radical (unpaired) electrons. The first-order valence-corrected chi connectivity index (χ1v) is 8.09. The van der Waals surface area contributed by atoms with Gasteiger partial charge in [-0.2, -0.15) is 0 Å². The summed E-state index contributed by atoms with van der Waals surface area (Å²) in [4.78, 5) is 0. The van der Waals surface area contributed by atoms with Crippen LogP contribution in [0.2, 0.25) is 0 Å². The molecule has 1 atom stereocenters. The summed E-state index contributed by atoms with van der Waals surface area (Å²) in [6.45, 7) is 6.17. The normalized spacial score (nSPS) is 19.6. The van der Waals surface area contributed by atoms with Crippen LogP contribution in [0.25, 0.3) is 11.0 Å². The van der Waals surface area contributed by atoms with E-state index in [2.05, 4.69) is 31.3 Å². The van der Waals surface area contributed by atoms with Crippen molar-refractivity contribution in [3.8, 4) is 0 Å². The Hall–Kier alpha value is -1.36. The number of ether oxygens (including phenoxy) is 1. The van der Waals surface area contributed by atoms with Crippen molar-refractivity contribution in [2.75, 3.05) is 19.8 Å². The molecular formula is C18H25NO3. The third-order valence-electron chi connectivity index (χ3n) is 4.49. The van der Waals surface area contributed by atoms with Gasteiger partial charge in [0, 0.05) is 38.0 Å². The molecule has 2 N–H and O–H groups in total. The van der Waals surface area contributed by atoms with Crippen LogP contribution in [0.3, 0.4) is 0 Å². The second-order valence-electron chi connectivity index (χ2n) is 6.63. The van der Waals surface area contributed by atoms with E-state index in [4.69, 9.17) is 9.15 Å². The Morgan fingerprint density at radius 1 is 1.23 bits per heavy atom. The van der Waals surface area contributed by atoms with Crippen LogP contribution in [0.5, 0.6) is 0 Å². The van der Waals surface area contributed by atoms with E-state index >= 15 is 0 Å². The Morgan fingerprint density at radius 3 is 2.64 bits per heavy atom. The Kier molecular flexibility index (Phi) is 4.52. The standard InChI is InChI=1S/C18H25NO3/c1-13(2)17(19-12-18(20)7-9-21-10-8-18)16-11-14-5-3-4-6-15(14)22-16/h3-6,11,13,17,19-20H,7-10,12H2,1-2H3. The third kappa shape index (κ3) is 3.35. The lowest BCUT2D eigenvalue weighted by Gasteiger charge is -2.34. The van der Waals surface area contributed by atoms with Crippen LogP contribution in [0.1, 0.15) is 38.5 Å². The molecule has 1 fully saturated rings. The average molecular weight is 303 g/mol. The number of para-hydroxylation sites is 1. The molecule has 1 aromatic heterocycles. The molecule has 1 unspecified atom stereocenters. The first-order valence-electron chi connectivity index (χ1n) is 8.09. The van der Waals surface area contributed by atoms with Crippen LogP contribution in [0, 0.1) is 5.92 Å². The fourth-order valence-corrected chi connectivity index (χ4v) is 3.05. The summed E-state index contributed by atoms with van der Waals surface area (Å²) in [7, 11) is 0. The fraction of sp³-hybridized carbons (Fsp3) is 0.556. The summed E-state index contributed by atoms with van der Waals surface area (Å²) in [6.07, 6.45) is 1.37. The fourth-order valence-electron chi connectivity index (χ4n) is 3.05. The van der Waals surface area contributed by atoms with Gasteiger partial charge in [-0.1, -0.05) is 32.0 Å². The molecule has 3 rings (SSSR count). The van der Waals surface area contributed by atoms with Crippen LogP contribution in [0.15, 0.2) is 34.7 Å². The van der Waals surface area contributed by atoms with E-state index in [0.29, 0.717) is 38.5 Å². The molecule has 120 valence electrons. The second-order valence-corrected chi connectivity index (χ2v) is 6.63. The van der Waals surface area contributed by atoms with Crippen LogP contribution >= 0.6 is 0 Å². The van der Waals surface area contributed by atoms with E-state index in [-0.39, 0.29) is 6.04 Å². The molecular weight excluding hydrogens is 278 g/mol. The predicted molar refractivity (Wildman–Crippen MR) is 86.8 cm³/mol. The number of benzene rings is 1. The number of hydrogen-bond donors (Lipinski definition) is 2. The van der Waals surface area contributed by atoms with Crippen LogP contribution in [-0.4, -0.2) is 30.5 Å².